The van der Waals surface area contributed by atoms with Crippen LogP contribution in [-0.2, 0) is 14.8 Å². The van der Waals surface area contributed by atoms with Crippen molar-refractivity contribution in [2.45, 2.75) is 51.0 Å². The van der Waals surface area contributed by atoms with E-state index < -0.39 is 32.6 Å². The molecule has 0 amide bonds. The maximum absolute atomic E-state index is 12.6. The van der Waals surface area contributed by atoms with Crippen LogP contribution in [0.5, 0.6) is 0 Å². The topological polar surface area (TPSA) is 142 Å². The second-order valence-electron chi connectivity index (χ2n) is 5.79. The van der Waals surface area contributed by atoms with Crippen LogP contribution < -0.4 is 10.5 Å². The fourth-order valence-corrected chi connectivity index (χ4v) is 3.73. The molecule has 1 rings (SSSR count). The molecule has 0 radical (unpaired) electrons. The molecule has 0 heterocycles. The van der Waals surface area contributed by atoms with Gasteiger partial charge in [-0.25, -0.2) is 17.9 Å². The van der Waals surface area contributed by atoms with Crippen LogP contribution in [0.4, 0.5) is 5.69 Å². The minimum absolute atomic E-state index is 0. The van der Waals surface area contributed by atoms with E-state index in [0.29, 0.717) is 6.42 Å². The molecule has 0 aromatic heterocycles. The van der Waals surface area contributed by atoms with Crippen LogP contribution in [0.2, 0.25) is 0 Å². The molecule has 0 saturated heterocycles. The van der Waals surface area contributed by atoms with Crippen LogP contribution in [0.1, 0.15) is 49.0 Å². The second-order valence-corrected chi connectivity index (χ2v) is 7.50. The highest BCUT2D eigenvalue weighted by Gasteiger charge is 2.27. The summed E-state index contributed by atoms with van der Waals surface area (Å²) in [7, 11) is -4.09. The van der Waals surface area contributed by atoms with Gasteiger partial charge in [-0.1, -0.05) is 19.8 Å². The Labute approximate surface area is 165 Å². The zero-order valence-electron chi connectivity index (χ0n) is 15.6. The highest BCUT2D eigenvalue weighted by atomic mass is 35.5. The number of nitrogens with two attached hydrogens (primary N) is 1. The van der Waals surface area contributed by atoms with Crippen molar-refractivity contribution in [2.24, 2.45) is 5.73 Å². The van der Waals surface area contributed by atoms with Gasteiger partial charge in [-0.2, -0.15) is 0 Å². The molecular formula is C16H26ClN3O6S. The lowest BCUT2D eigenvalue weighted by atomic mass is 10.1. The molecule has 1 aromatic rings. The number of carbonyl (C=O) groups is 1. The Kier molecular flexibility index (Phi) is 10.5. The van der Waals surface area contributed by atoms with Gasteiger partial charge in [-0.3, -0.25) is 10.1 Å². The van der Waals surface area contributed by atoms with Gasteiger partial charge < -0.3 is 10.5 Å². The molecule has 0 bridgehead atoms. The number of esters is 1. The van der Waals surface area contributed by atoms with E-state index in [0.717, 1.165) is 25.0 Å². The monoisotopic (exact) mass is 423 g/mol. The predicted octanol–water partition coefficient (Wildman–Crippen LogP) is 2.30. The molecule has 154 valence electrons. The number of benzene rings is 1. The molecule has 1 aromatic carbocycles. The number of carbonyl (C=O) groups excluding carboxylic acids is 1. The summed E-state index contributed by atoms with van der Waals surface area (Å²) in [6, 6.07) is 1.54. The minimum atomic E-state index is -4.09. The Morgan fingerprint density at radius 1 is 1.37 bits per heavy atom. The Hall–Kier alpha value is -1.75. The van der Waals surface area contributed by atoms with Crippen LogP contribution >= 0.6 is 12.4 Å². The molecule has 0 spiro atoms. The average molecular weight is 424 g/mol. The number of ether oxygens (including phenoxy) is 1. The molecule has 0 aliphatic rings. The average Bonchev–Trinajstić information content (AvgIpc) is 2.58. The van der Waals surface area contributed by atoms with Gasteiger partial charge in [-0.05, 0) is 26.3 Å². The number of sulfonamides is 1. The number of nitro groups is 1. The third-order valence-corrected chi connectivity index (χ3v) is 5.37. The van der Waals surface area contributed by atoms with E-state index in [2.05, 4.69) is 4.72 Å². The molecule has 1 unspecified atom stereocenters. The van der Waals surface area contributed by atoms with Crippen LogP contribution in [-0.4, -0.2) is 38.5 Å². The van der Waals surface area contributed by atoms with Gasteiger partial charge in [-0.15, -0.1) is 12.4 Å². The van der Waals surface area contributed by atoms with Crippen molar-refractivity contribution in [3.63, 3.8) is 0 Å². The van der Waals surface area contributed by atoms with Crippen molar-refractivity contribution in [1.29, 1.82) is 0 Å². The maximum atomic E-state index is 12.6. The number of unbranched alkanes of at least 4 members (excludes halogenated alkanes) is 1. The lowest BCUT2D eigenvalue weighted by Gasteiger charge is -2.17. The Morgan fingerprint density at radius 3 is 2.48 bits per heavy atom. The number of hydrogen-bond acceptors (Lipinski definition) is 7. The van der Waals surface area contributed by atoms with E-state index in [4.69, 9.17) is 10.5 Å². The third-order valence-electron chi connectivity index (χ3n) is 3.87. The Balaban J connectivity index is 0.00000676. The molecule has 1 atom stereocenters. The molecule has 0 aliphatic carbocycles. The molecule has 9 nitrogen and oxygen atoms in total. The van der Waals surface area contributed by atoms with Gasteiger partial charge in [0, 0.05) is 24.2 Å². The number of nitrogens with one attached hydrogen (secondary N) is 1. The number of nitrogens with zero attached hydrogens (tertiary/aromatic N) is 1. The molecule has 0 saturated carbocycles. The van der Waals surface area contributed by atoms with Crippen molar-refractivity contribution < 1.29 is 22.9 Å². The fourth-order valence-electron chi connectivity index (χ4n) is 2.40. The first kappa shape index (κ1) is 25.2. The molecule has 27 heavy (non-hydrogen) atoms. The summed E-state index contributed by atoms with van der Waals surface area (Å²) in [5.74, 6) is -0.813. The quantitative estimate of drug-likeness (QED) is 0.334. The summed E-state index contributed by atoms with van der Waals surface area (Å²) in [4.78, 5) is 22.2. The number of halogens is 1. The normalized spacial score (nSPS) is 12.1. The van der Waals surface area contributed by atoms with Crippen LogP contribution in [0.3, 0.4) is 0 Å². The Morgan fingerprint density at radius 2 is 2.00 bits per heavy atom. The maximum Gasteiger partial charge on any atom is 0.338 e. The first-order valence-electron chi connectivity index (χ1n) is 8.36. The molecule has 3 N–H and O–H groups in total. The number of rotatable bonds is 10. The minimum Gasteiger partial charge on any atom is -0.462 e. The van der Waals surface area contributed by atoms with E-state index in [1.165, 1.54) is 6.92 Å². The van der Waals surface area contributed by atoms with Crippen molar-refractivity contribution >= 4 is 34.1 Å². The molecule has 11 heteroatoms. The second kappa shape index (κ2) is 11.2. The number of hydrogen-bond donors (Lipinski definition) is 2. The zero-order chi connectivity index (χ0) is 19.9. The van der Waals surface area contributed by atoms with E-state index in [9.17, 15) is 23.3 Å². The highest BCUT2D eigenvalue weighted by Crippen LogP contribution is 2.27. The van der Waals surface area contributed by atoms with Crippen molar-refractivity contribution in [3.8, 4) is 0 Å². The van der Waals surface area contributed by atoms with E-state index in [1.807, 2.05) is 6.92 Å². The van der Waals surface area contributed by atoms with Gasteiger partial charge in [0.25, 0.3) is 5.69 Å². The zero-order valence-corrected chi connectivity index (χ0v) is 17.2. The van der Waals surface area contributed by atoms with E-state index >= 15 is 0 Å². The van der Waals surface area contributed by atoms with E-state index in [-0.39, 0.29) is 41.6 Å². The van der Waals surface area contributed by atoms with Crippen molar-refractivity contribution in [2.75, 3.05) is 13.2 Å². The summed E-state index contributed by atoms with van der Waals surface area (Å²) >= 11 is 0. The lowest BCUT2D eigenvalue weighted by molar-refractivity contribution is -0.385. The largest absolute Gasteiger partial charge is 0.462 e. The summed E-state index contributed by atoms with van der Waals surface area (Å²) in [5, 5.41) is 11.3. The van der Waals surface area contributed by atoms with Gasteiger partial charge in [0.1, 0.15) is 0 Å². The first-order chi connectivity index (χ1) is 12.2. The first-order valence-corrected chi connectivity index (χ1v) is 9.84. The number of nitro benzene ring substituents is 1. The molecule has 0 fully saturated rings. The highest BCUT2D eigenvalue weighted by molar-refractivity contribution is 7.89. The van der Waals surface area contributed by atoms with Crippen LogP contribution in [0, 0.1) is 17.0 Å². The molecule has 0 aliphatic heterocycles. The van der Waals surface area contributed by atoms with Gasteiger partial charge in [0.15, 0.2) is 0 Å². The summed E-state index contributed by atoms with van der Waals surface area (Å²) in [6.07, 6.45) is 2.21. The fraction of sp³-hybridized carbons (Fsp3) is 0.562. The van der Waals surface area contributed by atoms with Crippen LogP contribution in [0.25, 0.3) is 0 Å². The van der Waals surface area contributed by atoms with E-state index in [1.54, 1.807) is 6.92 Å². The summed E-state index contributed by atoms with van der Waals surface area (Å²) < 4.78 is 32.6. The standard InChI is InChI=1S/C16H25N3O6S.ClH/c1-4-6-7-12(10-17)18-26(23,24)13-8-14(16(20)25-5-2)11(3)15(9-13)19(21)22;/h8-9,12,18H,4-7,10,17H2,1-3H3;1H. The van der Waals surface area contributed by atoms with Crippen LogP contribution in [0.15, 0.2) is 17.0 Å². The predicted molar refractivity (Wildman–Crippen MR) is 104 cm³/mol. The SMILES string of the molecule is CCCCC(CN)NS(=O)(=O)c1cc(C(=O)OCC)c(C)c([N+](=O)[O-])c1.Cl. The Bertz CT molecular complexity index is 770. The smallest absolute Gasteiger partial charge is 0.338 e. The van der Waals surface area contributed by atoms with Gasteiger partial charge in [0.2, 0.25) is 10.0 Å². The lowest BCUT2D eigenvalue weighted by Crippen LogP contribution is -2.40. The van der Waals surface area contributed by atoms with Crippen molar-refractivity contribution in [1.82, 2.24) is 4.72 Å². The third kappa shape index (κ3) is 6.73. The molecular weight excluding hydrogens is 398 g/mol. The van der Waals surface area contributed by atoms with Gasteiger partial charge in [0.05, 0.1) is 22.0 Å². The summed E-state index contributed by atoms with van der Waals surface area (Å²) in [5.41, 5.74) is 5.04. The summed E-state index contributed by atoms with van der Waals surface area (Å²) in [6.45, 7) is 5.09. The van der Waals surface area contributed by atoms with Crippen molar-refractivity contribution in [3.05, 3.63) is 33.4 Å². The van der Waals surface area contributed by atoms with Gasteiger partial charge >= 0.3 is 5.97 Å².